The number of fused-ring (bicyclic) bond motifs is 2. The standard InChI is InChI=1S/C26H39N5O2/c1-5-11-30-17-19(25(32)31(26(33)27-6-2)13-8-12-29(3)4)14-21-20-9-7-10-22-24(20)18(16-28-22)15-23(21)30/h5,7,9-10,16,19-21,23-24,28H,1,6,8,11-15,17H2,2-4H3,(H,27,33)/t19-,20+,21-,23-,24?/m1/s1. The first-order valence-electron chi connectivity index (χ1n) is 12.4. The summed E-state index contributed by atoms with van der Waals surface area (Å²) in [6, 6.07) is 0.130. The number of amides is 3. The Labute approximate surface area is 198 Å². The smallest absolute Gasteiger partial charge is 0.324 e. The zero-order chi connectivity index (χ0) is 23.5. The summed E-state index contributed by atoms with van der Waals surface area (Å²) in [7, 11) is 4.02. The third kappa shape index (κ3) is 4.80. The van der Waals surface area contributed by atoms with Crippen LogP contribution in [0.1, 0.15) is 26.2 Å². The van der Waals surface area contributed by atoms with E-state index in [4.69, 9.17) is 0 Å². The molecule has 4 rings (SSSR count). The minimum atomic E-state index is -0.268. The lowest BCUT2D eigenvalue weighted by Crippen LogP contribution is -2.58. The van der Waals surface area contributed by atoms with Crippen molar-refractivity contribution in [3.63, 3.8) is 0 Å². The first-order valence-corrected chi connectivity index (χ1v) is 12.4. The lowest BCUT2D eigenvalue weighted by Gasteiger charge is -2.52. The lowest BCUT2D eigenvalue weighted by molar-refractivity contribution is -0.137. The van der Waals surface area contributed by atoms with E-state index in [0.717, 1.165) is 32.4 Å². The van der Waals surface area contributed by atoms with Crippen molar-refractivity contribution in [3.8, 4) is 0 Å². The van der Waals surface area contributed by atoms with Gasteiger partial charge in [-0.3, -0.25) is 14.6 Å². The summed E-state index contributed by atoms with van der Waals surface area (Å²) in [5.41, 5.74) is 2.76. The van der Waals surface area contributed by atoms with Crippen molar-refractivity contribution in [2.75, 3.05) is 46.8 Å². The Morgan fingerprint density at radius 2 is 2.15 bits per heavy atom. The zero-order valence-corrected chi connectivity index (χ0v) is 20.3. The second-order valence-electron chi connectivity index (χ2n) is 10.0. The van der Waals surface area contributed by atoms with Crippen LogP contribution in [0.3, 0.4) is 0 Å². The molecule has 2 aliphatic heterocycles. The van der Waals surface area contributed by atoms with Crippen LogP contribution in [0.2, 0.25) is 0 Å². The first kappa shape index (κ1) is 23.8. The van der Waals surface area contributed by atoms with Crippen molar-refractivity contribution in [2.45, 2.75) is 32.2 Å². The molecule has 1 saturated heterocycles. The number of piperidine rings is 1. The summed E-state index contributed by atoms with van der Waals surface area (Å²) in [5, 5.41) is 6.33. The number of carbonyl (C=O) groups is 2. The van der Waals surface area contributed by atoms with Crippen LogP contribution in [0.5, 0.6) is 0 Å². The fourth-order valence-corrected chi connectivity index (χ4v) is 6.20. The van der Waals surface area contributed by atoms with E-state index in [0.29, 0.717) is 43.4 Å². The van der Waals surface area contributed by atoms with E-state index in [9.17, 15) is 9.59 Å². The third-order valence-corrected chi connectivity index (χ3v) is 7.61. The van der Waals surface area contributed by atoms with E-state index in [-0.39, 0.29) is 17.9 Å². The molecule has 1 saturated carbocycles. The number of nitrogens with one attached hydrogen (secondary N) is 2. The van der Waals surface area contributed by atoms with E-state index >= 15 is 0 Å². The predicted molar refractivity (Wildman–Crippen MR) is 131 cm³/mol. The molecule has 33 heavy (non-hydrogen) atoms. The molecule has 180 valence electrons. The van der Waals surface area contributed by atoms with Crippen LogP contribution in [0, 0.1) is 23.7 Å². The molecule has 7 nitrogen and oxygen atoms in total. The molecule has 2 heterocycles. The molecule has 0 radical (unpaired) electrons. The molecule has 4 aliphatic rings. The highest BCUT2D eigenvalue weighted by atomic mass is 16.2. The summed E-state index contributed by atoms with van der Waals surface area (Å²) in [5.74, 6) is 0.965. The summed E-state index contributed by atoms with van der Waals surface area (Å²) >= 11 is 0. The van der Waals surface area contributed by atoms with Crippen LogP contribution in [0.25, 0.3) is 0 Å². The number of allylic oxidation sites excluding steroid dienone is 4. The maximum absolute atomic E-state index is 13.8. The van der Waals surface area contributed by atoms with Crippen LogP contribution in [-0.4, -0.2) is 79.5 Å². The maximum atomic E-state index is 13.8. The van der Waals surface area contributed by atoms with Crippen molar-refractivity contribution < 1.29 is 9.59 Å². The van der Waals surface area contributed by atoms with Gasteiger partial charge in [-0.25, -0.2) is 4.79 Å². The molecule has 7 heteroatoms. The fraction of sp³-hybridized carbons (Fsp3) is 0.615. The Kier molecular flexibility index (Phi) is 7.39. The summed E-state index contributed by atoms with van der Waals surface area (Å²) < 4.78 is 0. The number of carbonyl (C=O) groups excluding carboxylic acids is 2. The highest BCUT2D eigenvalue weighted by Crippen LogP contribution is 2.51. The molecule has 1 unspecified atom stereocenters. The predicted octanol–water partition coefficient (Wildman–Crippen LogP) is 2.57. The summed E-state index contributed by atoms with van der Waals surface area (Å²) in [4.78, 5) is 32.6. The third-order valence-electron chi connectivity index (χ3n) is 7.61. The quantitative estimate of drug-likeness (QED) is 0.553. The van der Waals surface area contributed by atoms with Gasteiger partial charge in [-0.15, -0.1) is 6.58 Å². The molecule has 2 fully saturated rings. The van der Waals surface area contributed by atoms with E-state index in [1.54, 1.807) is 0 Å². The Balaban J connectivity index is 1.56. The number of nitrogens with zero attached hydrogens (tertiary/aromatic N) is 3. The largest absolute Gasteiger partial charge is 0.365 e. The van der Waals surface area contributed by atoms with Crippen molar-refractivity contribution in [3.05, 3.63) is 48.4 Å². The molecule has 0 aromatic heterocycles. The van der Waals surface area contributed by atoms with Crippen LogP contribution >= 0.6 is 0 Å². The van der Waals surface area contributed by atoms with Gasteiger partial charge in [0.1, 0.15) is 0 Å². The van der Waals surface area contributed by atoms with Crippen LogP contribution < -0.4 is 10.6 Å². The van der Waals surface area contributed by atoms with Crippen molar-refractivity contribution in [2.24, 2.45) is 23.7 Å². The average Bonchev–Trinajstić information content (AvgIpc) is 3.21. The maximum Gasteiger partial charge on any atom is 0.324 e. The van der Waals surface area contributed by atoms with E-state index in [2.05, 4.69) is 51.4 Å². The van der Waals surface area contributed by atoms with E-state index in [1.165, 1.54) is 16.2 Å². The fourth-order valence-electron chi connectivity index (χ4n) is 6.20. The minimum absolute atomic E-state index is 0.0336. The molecule has 2 N–H and O–H groups in total. The molecule has 3 amide bonds. The Hall–Kier alpha value is -2.38. The highest BCUT2D eigenvalue weighted by Gasteiger charge is 2.50. The van der Waals surface area contributed by atoms with Gasteiger partial charge in [-0.2, -0.15) is 0 Å². The summed E-state index contributed by atoms with van der Waals surface area (Å²) in [6.45, 7) is 9.11. The Morgan fingerprint density at radius 1 is 1.33 bits per heavy atom. The number of likely N-dealkylation sites (tertiary alicyclic amines) is 1. The average molecular weight is 454 g/mol. The van der Waals surface area contributed by atoms with Gasteiger partial charge in [0.25, 0.3) is 0 Å². The first-order chi connectivity index (χ1) is 15.9. The van der Waals surface area contributed by atoms with Gasteiger partial charge >= 0.3 is 6.03 Å². The number of urea groups is 1. The second-order valence-corrected chi connectivity index (χ2v) is 10.0. The SMILES string of the molecule is C=CCN1C[C@H](C(=O)N(CCCN(C)C)C(=O)NCC)C[C@@H]2[C@@H]3C=CC=C4NC=C(C[C@H]21)C43. The topological polar surface area (TPSA) is 67.9 Å². The van der Waals surface area contributed by atoms with Crippen LogP contribution in [0.15, 0.2) is 48.4 Å². The molecule has 2 aliphatic carbocycles. The number of hydrogen-bond acceptors (Lipinski definition) is 5. The van der Waals surface area contributed by atoms with Gasteiger partial charge in [0.05, 0.1) is 5.92 Å². The molecular weight excluding hydrogens is 414 g/mol. The van der Waals surface area contributed by atoms with Gasteiger partial charge in [0.15, 0.2) is 0 Å². The second kappa shape index (κ2) is 10.3. The van der Waals surface area contributed by atoms with Gasteiger partial charge in [0.2, 0.25) is 5.91 Å². The van der Waals surface area contributed by atoms with Gasteiger partial charge in [-0.1, -0.05) is 18.2 Å². The zero-order valence-electron chi connectivity index (χ0n) is 20.3. The highest BCUT2D eigenvalue weighted by molar-refractivity contribution is 5.95. The number of imide groups is 1. The lowest BCUT2D eigenvalue weighted by atomic mass is 9.61. The monoisotopic (exact) mass is 453 g/mol. The van der Waals surface area contributed by atoms with Crippen LogP contribution in [0.4, 0.5) is 4.79 Å². The molecule has 0 aromatic carbocycles. The van der Waals surface area contributed by atoms with Crippen molar-refractivity contribution in [1.82, 2.24) is 25.3 Å². The van der Waals surface area contributed by atoms with E-state index in [1.807, 2.05) is 27.1 Å². The number of rotatable bonds is 8. The van der Waals surface area contributed by atoms with Crippen LogP contribution in [-0.2, 0) is 4.79 Å². The molecule has 0 spiro atoms. The summed E-state index contributed by atoms with van der Waals surface area (Å²) in [6.07, 6.45) is 13.4. The van der Waals surface area contributed by atoms with Crippen molar-refractivity contribution >= 4 is 11.9 Å². The van der Waals surface area contributed by atoms with Gasteiger partial charge < -0.3 is 15.5 Å². The Bertz CT molecular complexity index is 861. The molecular formula is C26H39N5O2. The van der Waals surface area contributed by atoms with E-state index < -0.39 is 0 Å². The normalized spacial score (nSPS) is 30.0. The van der Waals surface area contributed by atoms with Crippen molar-refractivity contribution in [1.29, 1.82) is 0 Å². The molecule has 0 bridgehead atoms. The van der Waals surface area contributed by atoms with Gasteiger partial charge in [-0.05, 0) is 70.3 Å². The molecule has 0 aromatic rings. The number of hydrogen-bond donors (Lipinski definition) is 2. The molecule has 5 atom stereocenters. The minimum Gasteiger partial charge on any atom is -0.365 e. The Morgan fingerprint density at radius 3 is 2.88 bits per heavy atom. The van der Waals surface area contributed by atoms with Gasteiger partial charge in [0, 0.05) is 50.0 Å².